The van der Waals surface area contributed by atoms with Gasteiger partial charge in [-0.15, -0.1) is 0 Å². The molecule has 1 fully saturated rings. The number of piperazine rings is 1. The summed E-state index contributed by atoms with van der Waals surface area (Å²) in [5.41, 5.74) is 2.77. The van der Waals surface area contributed by atoms with Crippen molar-refractivity contribution in [1.82, 2.24) is 19.8 Å². The Hall–Kier alpha value is -2.86. The Morgan fingerprint density at radius 3 is 2.46 bits per heavy atom. The van der Waals surface area contributed by atoms with E-state index >= 15 is 0 Å². The lowest BCUT2D eigenvalue weighted by Gasteiger charge is -2.34. The van der Waals surface area contributed by atoms with Gasteiger partial charge >= 0.3 is 0 Å². The predicted molar refractivity (Wildman–Crippen MR) is 109 cm³/mol. The number of fused-ring (bicyclic) bond motifs is 1. The predicted octanol–water partition coefficient (Wildman–Crippen LogP) is 3.31. The van der Waals surface area contributed by atoms with Crippen LogP contribution in [0, 0.1) is 0 Å². The molecule has 4 rings (SSSR count). The van der Waals surface area contributed by atoms with E-state index in [1.165, 1.54) is 0 Å². The van der Waals surface area contributed by atoms with Gasteiger partial charge in [0.1, 0.15) is 11.6 Å². The van der Waals surface area contributed by atoms with Gasteiger partial charge in [0.05, 0.1) is 23.7 Å². The number of nitrogens with zero attached hydrogens (tertiary/aromatic N) is 3. The Kier molecular flexibility index (Phi) is 5.30. The molecule has 6 heteroatoms. The van der Waals surface area contributed by atoms with Crippen molar-refractivity contribution in [3.8, 4) is 5.75 Å². The van der Waals surface area contributed by atoms with Crippen LogP contribution < -0.4 is 4.74 Å². The number of carbonyl (C=O) groups is 1. The van der Waals surface area contributed by atoms with E-state index in [-0.39, 0.29) is 12.0 Å². The highest BCUT2D eigenvalue weighted by atomic mass is 16.5. The molecule has 2 heterocycles. The van der Waals surface area contributed by atoms with Crippen LogP contribution in [-0.2, 0) is 6.54 Å². The molecule has 0 spiro atoms. The quantitative estimate of drug-likeness (QED) is 0.740. The van der Waals surface area contributed by atoms with Crippen LogP contribution in [0.2, 0.25) is 0 Å². The highest BCUT2D eigenvalue weighted by Gasteiger charge is 2.22. The van der Waals surface area contributed by atoms with Gasteiger partial charge in [-0.2, -0.15) is 0 Å². The van der Waals surface area contributed by atoms with Gasteiger partial charge in [-0.05, 0) is 50.2 Å². The fourth-order valence-electron chi connectivity index (χ4n) is 3.53. The van der Waals surface area contributed by atoms with E-state index in [0.29, 0.717) is 5.56 Å². The summed E-state index contributed by atoms with van der Waals surface area (Å²) in [4.78, 5) is 25.0. The Morgan fingerprint density at radius 1 is 1.07 bits per heavy atom. The number of carbonyl (C=O) groups excluding carboxylic acids is 1. The average molecular weight is 378 g/mol. The van der Waals surface area contributed by atoms with Crippen LogP contribution in [-0.4, -0.2) is 58.0 Å². The van der Waals surface area contributed by atoms with Gasteiger partial charge in [-0.3, -0.25) is 9.69 Å². The first-order chi connectivity index (χ1) is 13.6. The van der Waals surface area contributed by atoms with E-state index in [9.17, 15) is 4.79 Å². The monoisotopic (exact) mass is 378 g/mol. The summed E-state index contributed by atoms with van der Waals surface area (Å²) >= 11 is 0. The molecule has 0 aliphatic carbocycles. The molecule has 1 aliphatic rings. The number of rotatable bonds is 5. The Labute approximate surface area is 165 Å². The molecule has 0 radical (unpaired) electrons. The summed E-state index contributed by atoms with van der Waals surface area (Å²) in [6.45, 7) is 7.90. The zero-order chi connectivity index (χ0) is 19.5. The second kappa shape index (κ2) is 8.02. The van der Waals surface area contributed by atoms with Crippen LogP contribution >= 0.6 is 0 Å². The summed E-state index contributed by atoms with van der Waals surface area (Å²) < 4.78 is 5.65. The van der Waals surface area contributed by atoms with Crippen molar-refractivity contribution in [3.05, 3.63) is 59.9 Å². The zero-order valence-corrected chi connectivity index (χ0v) is 16.4. The molecule has 0 unspecified atom stereocenters. The fourth-order valence-corrected chi connectivity index (χ4v) is 3.53. The van der Waals surface area contributed by atoms with Gasteiger partial charge in [0.2, 0.25) is 0 Å². The maximum atomic E-state index is 12.8. The number of aromatic amines is 1. The van der Waals surface area contributed by atoms with Crippen LogP contribution in [0.3, 0.4) is 0 Å². The zero-order valence-electron chi connectivity index (χ0n) is 16.4. The molecule has 1 aliphatic heterocycles. The van der Waals surface area contributed by atoms with Gasteiger partial charge in [-0.25, -0.2) is 4.98 Å². The summed E-state index contributed by atoms with van der Waals surface area (Å²) in [6, 6.07) is 15.5. The highest BCUT2D eigenvalue weighted by Crippen LogP contribution is 2.17. The van der Waals surface area contributed by atoms with E-state index in [2.05, 4.69) is 14.9 Å². The Balaban J connectivity index is 1.32. The van der Waals surface area contributed by atoms with Gasteiger partial charge in [0, 0.05) is 31.7 Å². The van der Waals surface area contributed by atoms with Crippen molar-refractivity contribution in [2.75, 3.05) is 26.2 Å². The third-order valence-corrected chi connectivity index (χ3v) is 4.94. The van der Waals surface area contributed by atoms with E-state index in [1.54, 1.807) is 0 Å². The van der Waals surface area contributed by atoms with E-state index < -0.39 is 0 Å². The molecule has 0 bridgehead atoms. The minimum Gasteiger partial charge on any atom is -0.491 e. The van der Waals surface area contributed by atoms with Crippen molar-refractivity contribution in [2.45, 2.75) is 26.5 Å². The topological polar surface area (TPSA) is 61.5 Å². The maximum absolute atomic E-state index is 12.8. The van der Waals surface area contributed by atoms with Crippen LogP contribution in [0.4, 0.5) is 0 Å². The first kappa shape index (κ1) is 18.5. The van der Waals surface area contributed by atoms with Crippen molar-refractivity contribution in [3.63, 3.8) is 0 Å². The van der Waals surface area contributed by atoms with Crippen molar-refractivity contribution in [2.24, 2.45) is 0 Å². The lowest BCUT2D eigenvalue weighted by Crippen LogP contribution is -2.48. The van der Waals surface area contributed by atoms with E-state index in [0.717, 1.165) is 55.3 Å². The van der Waals surface area contributed by atoms with Gasteiger partial charge in [0.25, 0.3) is 5.91 Å². The third kappa shape index (κ3) is 4.17. The summed E-state index contributed by atoms with van der Waals surface area (Å²) in [5.74, 6) is 1.85. The number of nitrogens with one attached hydrogen (secondary N) is 1. The number of hydrogen-bond donors (Lipinski definition) is 1. The largest absolute Gasteiger partial charge is 0.491 e. The summed E-state index contributed by atoms with van der Waals surface area (Å²) in [6.07, 6.45) is 0.126. The molecule has 1 aromatic heterocycles. The Bertz CT molecular complexity index is 908. The van der Waals surface area contributed by atoms with Crippen LogP contribution in [0.1, 0.15) is 30.0 Å². The number of imidazole rings is 1. The molecule has 146 valence electrons. The molecule has 6 nitrogen and oxygen atoms in total. The SMILES string of the molecule is CC(C)Oc1ccc(C(=O)N2CCN(Cc3nc4ccccc4[nH]3)CC2)cc1. The summed E-state index contributed by atoms with van der Waals surface area (Å²) in [7, 11) is 0. The molecular weight excluding hydrogens is 352 g/mol. The second-order valence-electron chi connectivity index (χ2n) is 7.46. The van der Waals surface area contributed by atoms with Gasteiger partial charge in [-0.1, -0.05) is 12.1 Å². The molecule has 0 saturated carbocycles. The van der Waals surface area contributed by atoms with Crippen molar-refractivity contribution < 1.29 is 9.53 Å². The smallest absolute Gasteiger partial charge is 0.253 e. The lowest BCUT2D eigenvalue weighted by atomic mass is 10.1. The van der Waals surface area contributed by atoms with Gasteiger partial charge < -0.3 is 14.6 Å². The molecule has 3 aromatic rings. The highest BCUT2D eigenvalue weighted by molar-refractivity contribution is 5.94. The van der Waals surface area contributed by atoms with Crippen molar-refractivity contribution >= 4 is 16.9 Å². The standard InChI is InChI=1S/C22H26N4O2/c1-16(2)28-18-9-7-17(8-10-18)22(27)26-13-11-25(12-14-26)15-21-23-19-5-3-4-6-20(19)24-21/h3-10,16H,11-15H2,1-2H3,(H,23,24). The average Bonchev–Trinajstić information content (AvgIpc) is 3.10. The van der Waals surface area contributed by atoms with Crippen LogP contribution in [0.5, 0.6) is 5.75 Å². The normalized spacial score (nSPS) is 15.3. The number of benzene rings is 2. The molecule has 1 N–H and O–H groups in total. The second-order valence-corrected chi connectivity index (χ2v) is 7.46. The first-order valence-electron chi connectivity index (χ1n) is 9.80. The molecule has 28 heavy (non-hydrogen) atoms. The number of hydrogen-bond acceptors (Lipinski definition) is 4. The molecule has 1 amide bonds. The van der Waals surface area contributed by atoms with Crippen molar-refractivity contribution in [1.29, 1.82) is 0 Å². The van der Waals surface area contributed by atoms with Crippen LogP contribution in [0.25, 0.3) is 11.0 Å². The minimum atomic E-state index is 0.0829. The lowest BCUT2D eigenvalue weighted by molar-refractivity contribution is 0.0626. The molecule has 2 aromatic carbocycles. The van der Waals surface area contributed by atoms with Crippen LogP contribution in [0.15, 0.2) is 48.5 Å². The number of ether oxygens (including phenoxy) is 1. The molecule has 1 saturated heterocycles. The number of H-pyrrole nitrogens is 1. The third-order valence-electron chi connectivity index (χ3n) is 4.94. The maximum Gasteiger partial charge on any atom is 0.253 e. The Morgan fingerprint density at radius 2 is 1.79 bits per heavy atom. The number of aromatic nitrogens is 2. The summed E-state index contributed by atoms with van der Waals surface area (Å²) in [5, 5.41) is 0. The van der Waals surface area contributed by atoms with E-state index in [1.807, 2.05) is 67.3 Å². The van der Waals surface area contributed by atoms with E-state index in [4.69, 9.17) is 4.74 Å². The minimum absolute atomic E-state index is 0.0829. The van der Waals surface area contributed by atoms with Gasteiger partial charge in [0.15, 0.2) is 0 Å². The first-order valence-corrected chi connectivity index (χ1v) is 9.80. The molecular formula is C22H26N4O2. The fraction of sp³-hybridized carbons (Fsp3) is 0.364. The number of para-hydroxylation sites is 2. The number of amides is 1. The molecule has 0 atom stereocenters.